The number of nitrogens with zero attached hydrogens (tertiary/aromatic N) is 1. The molecule has 37 heavy (non-hydrogen) atoms. The van der Waals surface area contributed by atoms with E-state index < -0.39 is 11.8 Å². The summed E-state index contributed by atoms with van der Waals surface area (Å²) in [5.74, 6) is -1.43. The van der Waals surface area contributed by atoms with Crippen molar-refractivity contribution >= 4 is 57.2 Å². The number of nitrogens with one attached hydrogen (secondary N) is 3. The Morgan fingerprint density at radius 1 is 1.19 bits per heavy atom. The van der Waals surface area contributed by atoms with Crippen LogP contribution in [0.1, 0.15) is 31.4 Å². The van der Waals surface area contributed by atoms with Crippen LogP contribution in [-0.2, 0) is 19.1 Å². The molecule has 0 unspecified atom stereocenters. The minimum Gasteiger partial charge on any atom is -0.493 e. The number of carbonyl (C=O) groups is 3. The van der Waals surface area contributed by atoms with Crippen LogP contribution in [0.4, 0.5) is 5.69 Å². The fourth-order valence-corrected chi connectivity index (χ4v) is 3.66. The highest BCUT2D eigenvalue weighted by molar-refractivity contribution is 9.10. The van der Waals surface area contributed by atoms with Crippen LogP contribution in [0.5, 0.6) is 11.5 Å². The van der Waals surface area contributed by atoms with Crippen LogP contribution in [0.25, 0.3) is 0 Å². The smallest absolute Gasteiger partial charge is 0.329 e. The summed E-state index contributed by atoms with van der Waals surface area (Å²) in [5.41, 5.74) is 4.06. The normalized spacial score (nSPS) is 10.9. The molecule has 0 aromatic heterocycles. The Hall–Kier alpha value is -3.15. The van der Waals surface area contributed by atoms with Crippen molar-refractivity contribution in [2.24, 2.45) is 5.10 Å². The fraction of sp³-hybridized carbons (Fsp3) is 0.360. The number of ether oxygens (including phenoxy) is 3. The SMILES string of the molecule is COc1cc(/C=N\NC(=O)C(=O)NCCCOC(C)C)cc(Br)c1OCC(=O)Nc1cccc(Cl)c1C. The van der Waals surface area contributed by atoms with E-state index in [2.05, 4.69) is 37.1 Å². The van der Waals surface area contributed by atoms with Crippen molar-refractivity contribution in [1.29, 1.82) is 0 Å². The van der Waals surface area contributed by atoms with E-state index in [0.717, 1.165) is 5.56 Å². The number of methoxy groups -OCH3 is 1. The minimum absolute atomic E-state index is 0.108. The maximum Gasteiger partial charge on any atom is 0.329 e. The standard InChI is InChI=1S/C25H30BrClN4O6/c1-15(2)36-10-6-9-28-24(33)25(34)31-29-13-17-11-18(26)23(21(12-17)35-4)37-14-22(32)30-20-8-5-7-19(27)16(20)3/h5,7-8,11-13,15H,6,9-10,14H2,1-4H3,(H,28,33)(H,30,32)(H,31,34)/b29-13-. The molecular formula is C25H30BrClN4O6. The zero-order valence-corrected chi connectivity index (χ0v) is 23.4. The van der Waals surface area contributed by atoms with E-state index in [-0.39, 0.29) is 18.6 Å². The topological polar surface area (TPSA) is 127 Å². The largest absolute Gasteiger partial charge is 0.493 e. The quantitative estimate of drug-likeness (QED) is 0.148. The first-order chi connectivity index (χ1) is 17.6. The van der Waals surface area contributed by atoms with Gasteiger partial charge in [0.1, 0.15) is 0 Å². The first-order valence-corrected chi connectivity index (χ1v) is 12.6. The van der Waals surface area contributed by atoms with Crippen LogP contribution in [0.15, 0.2) is 39.9 Å². The van der Waals surface area contributed by atoms with Crippen molar-refractivity contribution in [3.8, 4) is 11.5 Å². The summed E-state index contributed by atoms with van der Waals surface area (Å²) in [6.45, 7) is 6.16. The molecule has 0 bridgehead atoms. The molecule has 2 rings (SSSR count). The lowest BCUT2D eigenvalue weighted by atomic mass is 10.2. The number of hydrogen-bond acceptors (Lipinski definition) is 7. The molecule has 0 aliphatic rings. The number of hydrogen-bond donors (Lipinski definition) is 3. The summed E-state index contributed by atoms with van der Waals surface area (Å²) in [5, 5.41) is 9.61. The lowest BCUT2D eigenvalue weighted by Crippen LogP contribution is -2.38. The van der Waals surface area contributed by atoms with Gasteiger partial charge in [-0.15, -0.1) is 0 Å². The van der Waals surface area contributed by atoms with Crippen molar-refractivity contribution in [3.63, 3.8) is 0 Å². The van der Waals surface area contributed by atoms with Crippen molar-refractivity contribution < 1.29 is 28.6 Å². The summed E-state index contributed by atoms with van der Waals surface area (Å²) in [7, 11) is 1.45. The number of anilines is 1. The Morgan fingerprint density at radius 2 is 1.95 bits per heavy atom. The molecule has 0 radical (unpaired) electrons. The number of amides is 3. The molecule has 3 N–H and O–H groups in total. The first-order valence-electron chi connectivity index (χ1n) is 11.4. The number of rotatable bonds is 12. The molecule has 0 atom stereocenters. The number of hydrazone groups is 1. The van der Waals surface area contributed by atoms with Gasteiger partial charge in [0.05, 0.1) is 23.9 Å². The summed E-state index contributed by atoms with van der Waals surface area (Å²) >= 11 is 9.48. The molecule has 0 spiro atoms. The van der Waals surface area contributed by atoms with Crippen LogP contribution in [0.2, 0.25) is 5.02 Å². The van der Waals surface area contributed by atoms with E-state index in [9.17, 15) is 14.4 Å². The van der Waals surface area contributed by atoms with Crippen LogP contribution in [-0.4, -0.2) is 56.9 Å². The van der Waals surface area contributed by atoms with E-state index >= 15 is 0 Å². The molecule has 0 saturated heterocycles. The highest BCUT2D eigenvalue weighted by atomic mass is 79.9. The van der Waals surface area contributed by atoms with Gasteiger partial charge in [-0.05, 0) is 78.5 Å². The number of carbonyl (C=O) groups excluding carboxylic acids is 3. The third kappa shape index (κ3) is 10.0. The lowest BCUT2D eigenvalue weighted by molar-refractivity contribution is -0.139. The average molecular weight is 598 g/mol. The summed E-state index contributed by atoms with van der Waals surface area (Å²) in [6.07, 6.45) is 2.04. The molecule has 0 heterocycles. The van der Waals surface area contributed by atoms with Gasteiger partial charge in [-0.2, -0.15) is 5.10 Å². The summed E-state index contributed by atoms with van der Waals surface area (Å²) < 4.78 is 16.9. The fourth-order valence-electron chi connectivity index (χ4n) is 2.91. The molecule has 2 aromatic rings. The van der Waals surface area contributed by atoms with Gasteiger partial charge in [-0.25, -0.2) is 5.43 Å². The van der Waals surface area contributed by atoms with Crippen LogP contribution < -0.4 is 25.5 Å². The van der Waals surface area contributed by atoms with E-state index in [1.165, 1.54) is 13.3 Å². The van der Waals surface area contributed by atoms with Gasteiger partial charge in [0, 0.05) is 23.9 Å². The first kappa shape index (κ1) is 30.1. The second-order valence-electron chi connectivity index (χ2n) is 8.01. The summed E-state index contributed by atoms with van der Waals surface area (Å²) in [4.78, 5) is 36.1. The molecule has 10 nitrogen and oxygen atoms in total. The third-order valence-corrected chi connectivity index (χ3v) is 5.78. The van der Waals surface area contributed by atoms with E-state index in [4.69, 9.17) is 25.8 Å². The Bertz CT molecular complexity index is 1140. The van der Waals surface area contributed by atoms with Gasteiger partial charge < -0.3 is 24.8 Å². The van der Waals surface area contributed by atoms with E-state index in [1.54, 1.807) is 37.3 Å². The molecular weight excluding hydrogens is 568 g/mol. The molecule has 0 aliphatic carbocycles. The zero-order valence-electron chi connectivity index (χ0n) is 21.0. The monoisotopic (exact) mass is 596 g/mol. The van der Waals surface area contributed by atoms with Gasteiger partial charge in [0.2, 0.25) is 0 Å². The lowest BCUT2D eigenvalue weighted by Gasteiger charge is -2.14. The molecule has 3 amide bonds. The van der Waals surface area contributed by atoms with E-state index in [1.807, 2.05) is 13.8 Å². The molecule has 0 aliphatic heterocycles. The maximum atomic E-state index is 12.4. The van der Waals surface area contributed by atoms with Crippen LogP contribution in [0.3, 0.4) is 0 Å². The van der Waals surface area contributed by atoms with Gasteiger partial charge in [0.25, 0.3) is 5.91 Å². The molecule has 12 heteroatoms. The average Bonchev–Trinajstić information content (AvgIpc) is 2.85. The van der Waals surface area contributed by atoms with Gasteiger partial charge in [0.15, 0.2) is 18.1 Å². The molecule has 2 aromatic carbocycles. The molecule has 0 saturated carbocycles. The van der Waals surface area contributed by atoms with Gasteiger partial charge in [-0.3, -0.25) is 14.4 Å². The highest BCUT2D eigenvalue weighted by Gasteiger charge is 2.15. The Balaban J connectivity index is 1.90. The maximum absolute atomic E-state index is 12.4. The Labute approximate surface area is 229 Å². The highest BCUT2D eigenvalue weighted by Crippen LogP contribution is 2.36. The van der Waals surface area contributed by atoms with E-state index in [0.29, 0.717) is 51.8 Å². The Kier molecular flexibility index (Phi) is 12.3. The third-order valence-electron chi connectivity index (χ3n) is 4.78. The van der Waals surface area contributed by atoms with Crippen molar-refractivity contribution in [2.45, 2.75) is 33.3 Å². The van der Waals surface area contributed by atoms with Crippen molar-refractivity contribution in [3.05, 3.63) is 51.0 Å². The van der Waals surface area contributed by atoms with Gasteiger partial charge >= 0.3 is 11.8 Å². The predicted molar refractivity (Wildman–Crippen MR) is 145 cm³/mol. The number of halogens is 2. The van der Waals surface area contributed by atoms with Crippen molar-refractivity contribution in [2.75, 3.05) is 32.2 Å². The second kappa shape index (κ2) is 15.2. The second-order valence-corrected chi connectivity index (χ2v) is 9.27. The van der Waals surface area contributed by atoms with Crippen molar-refractivity contribution in [1.82, 2.24) is 10.7 Å². The van der Waals surface area contributed by atoms with Gasteiger partial charge in [-0.1, -0.05) is 17.7 Å². The minimum atomic E-state index is -0.895. The molecule has 200 valence electrons. The Morgan fingerprint density at radius 3 is 2.65 bits per heavy atom. The van der Waals surface area contributed by atoms with Crippen LogP contribution in [0, 0.1) is 6.92 Å². The zero-order chi connectivity index (χ0) is 27.4. The molecule has 0 fully saturated rings. The number of benzene rings is 2. The van der Waals surface area contributed by atoms with Crippen LogP contribution >= 0.6 is 27.5 Å². The summed E-state index contributed by atoms with van der Waals surface area (Å²) in [6, 6.07) is 8.48. The predicted octanol–water partition coefficient (Wildman–Crippen LogP) is 3.82.